The lowest BCUT2D eigenvalue weighted by atomic mass is 10.1. The molecule has 29 heavy (non-hydrogen) atoms. The molecule has 0 radical (unpaired) electrons. The van der Waals surface area contributed by atoms with Crippen molar-refractivity contribution in [3.63, 3.8) is 0 Å². The maximum absolute atomic E-state index is 12.0. The number of amidine groups is 1. The molecule has 0 atom stereocenters. The average Bonchev–Trinajstić information content (AvgIpc) is 3.27. The van der Waals surface area contributed by atoms with Gasteiger partial charge >= 0.3 is 0 Å². The first kappa shape index (κ1) is 17.7. The fourth-order valence-electron chi connectivity index (χ4n) is 3.06. The van der Waals surface area contributed by atoms with Gasteiger partial charge in [-0.25, -0.2) is 9.97 Å². The monoisotopic (exact) mass is 408 g/mol. The first-order valence-electron chi connectivity index (χ1n) is 9.27. The van der Waals surface area contributed by atoms with Crippen LogP contribution in [0.2, 0.25) is 5.02 Å². The molecule has 1 amide bonds. The lowest BCUT2D eigenvalue weighted by Crippen LogP contribution is -2.22. The highest BCUT2D eigenvalue weighted by Gasteiger charge is 2.30. The van der Waals surface area contributed by atoms with Crippen LogP contribution in [0.5, 0.6) is 0 Å². The molecule has 3 heterocycles. The zero-order valence-electron chi connectivity index (χ0n) is 15.3. The first-order valence-corrected chi connectivity index (χ1v) is 9.64. The molecule has 1 aliphatic carbocycles. The smallest absolute Gasteiger partial charge is 0.228 e. The third kappa shape index (κ3) is 3.54. The van der Waals surface area contributed by atoms with Crippen molar-refractivity contribution in [1.82, 2.24) is 20.7 Å². The molecule has 1 aromatic carbocycles. The van der Waals surface area contributed by atoms with Gasteiger partial charge in [0.2, 0.25) is 11.8 Å². The van der Waals surface area contributed by atoms with Gasteiger partial charge in [-0.2, -0.15) is 5.10 Å². The molecule has 0 saturated heterocycles. The van der Waals surface area contributed by atoms with Gasteiger partial charge in [0, 0.05) is 23.2 Å². The van der Waals surface area contributed by atoms with Crippen LogP contribution in [0.1, 0.15) is 18.5 Å². The number of aromatic nitrogens is 2. The van der Waals surface area contributed by atoms with E-state index in [1.807, 2.05) is 18.2 Å². The number of oxazole rings is 1. The summed E-state index contributed by atoms with van der Waals surface area (Å²) in [6.07, 6.45) is 3.47. The minimum atomic E-state index is -0.00455. The van der Waals surface area contributed by atoms with Crippen LogP contribution in [0.3, 0.4) is 0 Å². The van der Waals surface area contributed by atoms with E-state index in [4.69, 9.17) is 16.0 Å². The number of halogens is 1. The number of nitrogens with one attached hydrogen (secondary N) is 3. The molecule has 0 spiro atoms. The third-order valence-electron chi connectivity index (χ3n) is 4.70. The van der Waals surface area contributed by atoms with E-state index < -0.39 is 0 Å². The van der Waals surface area contributed by atoms with Gasteiger partial charge in [-0.15, -0.1) is 0 Å². The quantitative estimate of drug-likeness (QED) is 0.598. The summed E-state index contributed by atoms with van der Waals surface area (Å²) in [5.74, 6) is 2.04. The number of pyridine rings is 1. The Bertz CT molecular complexity index is 1120. The van der Waals surface area contributed by atoms with E-state index in [2.05, 4.69) is 31.1 Å². The SMILES string of the molecule is O=C(Nc1cc(-c2nc(C3=NNCN3)c(-c3ccccc3Cl)o2)ccn1)C1CC1. The Morgan fingerprint density at radius 2 is 2.10 bits per heavy atom. The Kier molecular flexibility index (Phi) is 4.40. The first-order chi connectivity index (χ1) is 14.2. The molecule has 0 unspecified atom stereocenters. The molecule has 1 saturated carbocycles. The number of hydrogen-bond donors (Lipinski definition) is 3. The van der Waals surface area contributed by atoms with Crippen molar-refractivity contribution in [2.45, 2.75) is 12.8 Å². The fraction of sp³-hybridized carbons (Fsp3) is 0.200. The van der Waals surface area contributed by atoms with Gasteiger partial charge in [-0.1, -0.05) is 23.7 Å². The lowest BCUT2D eigenvalue weighted by molar-refractivity contribution is -0.117. The van der Waals surface area contributed by atoms with E-state index in [-0.39, 0.29) is 11.8 Å². The standard InChI is InChI=1S/C20H17ClN6O2/c21-14-4-2-1-3-13(14)17-16(18-23-10-24-27-18)26-20(29-17)12-7-8-22-15(9-12)25-19(28)11-5-6-11/h1-4,7-9,11,24H,5-6,10H2,(H,23,27)(H,22,25,28). The molecule has 8 nitrogen and oxygen atoms in total. The zero-order valence-corrected chi connectivity index (χ0v) is 16.0. The van der Waals surface area contributed by atoms with Crippen LogP contribution in [0.15, 0.2) is 52.1 Å². The maximum atomic E-state index is 12.0. The van der Waals surface area contributed by atoms with Crippen LogP contribution < -0.4 is 16.1 Å². The van der Waals surface area contributed by atoms with E-state index >= 15 is 0 Å². The number of nitrogens with zero attached hydrogens (tertiary/aromatic N) is 3. The maximum Gasteiger partial charge on any atom is 0.228 e. The number of hydrogen-bond acceptors (Lipinski definition) is 7. The molecular formula is C20H17ClN6O2. The fourth-order valence-corrected chi connectivity index (χ4v) is 3.28. The molecule has 3 aromatic rings. The number of benzene rings is 1. The average molecular weight is 409 g/mol. The summed E-state index contributed by atoms with van der Waals surface area (Å²) in [7, 11) is 0. The van der Waals surface area contributed by atoms with Crippen LogP contribution in [-0.4, -0.2) is 28.4 Å². The molecule has 1 fully saturated rings. The molecule has 3 N–H and O–H groups in total. The molecular weight excluding hydrogens is 392 g/mol. The van der Waals surface area contributed by atoms with Crippen LogP contribution >= 0.6 is 11.6 Å². The number of hydrazone groups is 1. The second kappa shape index (κ2) is 7.21. The van der Waals surface area contributed by atoms with Gasteiger partial charge in [-0.3, -0.25) is 10.2 Å². The van der Waals surface area contributed by atoms with Crippen LogP contribution in [0, 0.1) is 5.92 Å². The Hall–Kier alpha value is -3.39. The van der Waals surface area contributed by atoms with Crippen LogP contribution in [0.25, 0.3) is 22.8 Å². The molecule has 9 heteroatoms. The molecule has 2 aromatic heterocycles. The van der Waals surface area contributed by atoms with Crippen molar-refractivity contribution in [1.29, 1.82) is 0 Å². The summed E-state index contributed by atoms with van der Waals surface area (Å²) in [6, 6.07) is 10.9. The summed E-state index contributed by atoms with van der Waals surface area (Å²) in [4.78, 5) is 20.9. The Balaban J connectivity index is 1.55. The predicted octanol–water partition coefficient (Wildman–Crippen LogP) is 3.22. The van der Waals surface area contributed by atoms with Gasteiger partial charge in [0.1, 0.15) is 12.5 Å². The van der Waals surface area contributed by atoms with Crippen molar-refractivity contribution in [2.24, 2.45) is 11.0 Å². The number of rotatable bonds is 5. The number of anilines is 1. The lowest BCUT2D eigenvalue weighted by Gasteiger charge is -2.04. The highest BCUT2D eigenvalue weighted by atomic mass is 35.5. The highest BCUT2D eigenvalue weighted by molar-refractivity contribution is 6.33. The normalized spacial score (nSPS) is 15.4. The predicted molar refractivity (Wildman–Crippen MR) is 109 cm³/mol. The number of carbonyl (C=O) groups is 1. The molecule has 146 valence electrons. The Morgan fingerprint density at radius 3 is 2.86 bits per heavy atom. The Morgan fingerprint density at radius 1 is 1.24 bits per heavy atom. The largest absolute Gasteiger partial charge is 0.435 e. The summed E-state index contributed by atoms with van der Waals surface area (Å²) >= 11 is 6.39. The van der Waals surface area contributed by atoms with E-state index in [0.29, 0.717) is 46.3 Å². The van der Waals surface area contributed by atoms with Crippen molar-refractivity contribution < 1.29 is 9.21 Å². The third-order valence-corrected chi connectivity index (χ3v) is 5.03. The van der Waals surface area contributed by atoms with Crippen molar-refractivity contribution in [2.75, 3.05) is 12.0 Å². The summed E-state index contributed by atoms with van der Waals surface area (Å²) in [6.45, 7) is 0.506. The van der Waals surface area contributed by atoms with E-state index in [1.165, 1.54) is 0 Å². The second-order valence-electron chi connectivity index (χ2n) is 6.84. The number of amides is 1. The van der Waals surface area contributed by atoms with Gasteiger partial charge in [0.15, 0.2) is 17.3 Å². The van der Waals surface area contributed by atoms with E-state index in [1.54, 1.807) is 24.4 Å². The van der Waals surface area contributed by atoms with Gasteiger partial charge in [0.25, 0.3) is 0 Å². The molecule has 1 aliphatic heterocycles. The minimum Gasteiger partial charge on any atom is -0.435 e. The van der Waals surface area contributed by atoms with E-state index in [0.717, 1.165) is 18.4 Å². The van der Waals surface area contributed by atoms with Crippen molar-refractivity contribution >= 4 is 29.2 Å². The Labute approximate surface area is 171 Å². The minimum absolute atomic E-state index is 0.00455. The van der Waals surface area contributed by atoms with Gasteiger partial charge in [-0.05, 0) is 37.1 Å². The zero-order chi connectivity index (χ0) is 19.8. The van der Waals surface area contributed by atoms with Gasteiger partial charge in [0.05, 0.1) is 5.02 Å². The van der Waals surface area contributed by atoms with Crippen LogP contribution in [-0.2, 0) is 4.79 Å². The van der Waals surface area contributed by atoms with Crippen molar-refractivity contribution in [3.8, 4) is 22.8 Å². The highest BCUT2D eigenvalue weighted by Crippen LogP contribution is 2.35. The topological polar surface area (TPSA) is 104 Å². The molecule has 5 rings (SSSR count). The second-order valence-corrected chi connectivity index (χ2v) is 7.25. The summed E-state index contributed by atoms with van der Waals surface area (Å²) < 4.78 is 6.12. The summed E-state index contributed by atoms with van der Waals surface area (Å²) in [5, 5.41) is 10.8. The van der Waals surface area contributed by atoms with Crippen molar-refractivity contribution in [3.05, 3.63) is 53.3 Å². The molecule has 2 aliphatic rings. The summed E-state index contributed by atoms with van der Waals surface area (Å²) in [5.41, 5.74) is 4.83. The van der Waals surface area contributed by atoms with E-state index in [9.17, 15) is 4.79 Å². The van der Waals surface area contributed by atoms with Crippen LogP contribution in [0.4, 0.5) is 5.82 Å². The molecule has 0 bridgehead atoms. The van der Waals surface area contributed by atoms with Gasteiger partial charge < -0.3 is 15.1 Å². The number of carbonyl (C=O) groups excluding carboxylic acids is 1.